The summed E-state index contributed by atoms with van der Waals surface area (Å²) >= 11 is 0. The largest absolute Gasteiger partial charge is 0.303 e. The monoisotopic (exact) mass is 222 g/mol. The summed E-state index contributed by atoms with van der Waals surface area (Å²) in [5.74, 6) is 0. The molecule has 0 saturated heterocycles. The highest BCUT2D eigenvalue weighted by atomic mass is 16.1. The standard InChI is InChI=1S/C15H26O/c1-13(2)7-10-15(5,9-6-12-16)11-8-14(3)4/h7-8,12H,6,9-11H2,1-5H3. The van der Waals surface area contributed by atoms with E-state index in [1.165, 1.54) is 11.1 Å². The van der Waals surface area contributed by atoms with Crippen molar-refractivity contribution in [3.8, 4) is 0 Å². The van der Waals surface area contributed by atoms with E-state index in [0.717, 1.165) is 25.5 Å². The topological polar surface area (TPSA) is 17.1 Å². The zero-order valence-electron chi connectivity index (χ0n) is 11.5. The molecule has 0 atom stereocenters. The molecule has 0 fully saturated rings. The number of carbonyl (C=O) groups is 1. The molecule has 0 aromatic carbocycles. The van der Waals surface area contributed by atoms with Gasteiger partial charge in [-0.1, -0.05) is 30.2 Å². The lowest BCUT2D eigenvalue weighted by Crippen LogP contribution is -2.15. The van der Waals surface area contributed by atoms with Crippen molar-refractivity contribution in [2.45, 2.75) is 60.3 Å². The second kappa shape index (κ2) is 7.43. The highest BCUT2D eigenvalue weighted by molar-refractivity contribution is 5.49. The molecule has 1 heteroatoms. The van der Waals surface area contributed by atoms with Crippen molar-refractivity contribution in [3.05, 3.63) is 23.3 Å². The molecule has 0 saturated carbocycles. The first-order valence-corrected chi connectivity index (χ1v) is 6.10. The predicted molar refractivity (Wildman–Crippen MR) is 71.5 cm³/mol. The van der Waals surface area contributed by atoms with E-state index in [-0.39, 0.29) is 5.41 Å². The van der Waals surface area contributed by atoms with E-state index in [1.54, 1.807) is 0 Å². The third-order valence-electron chi connectivity index (χ3n) is 2.87. The summed E-state index contributed by atoms with van der Waals surface area (Å²) < 4.78 is 0. The minimum absolute atomic E-state index is 0.232. The maximum atomic E-state index is 10.5. The van der Waals surface area contributed by atoms with Gasteiger partial charge in [0, 0.05) is 6.42 Å². The van der Waals surface area contributed by atoms with Gasteiger partial charge >= 0.3 is 0 Å². The van der Waals surface area contributed by atoms with Crippen molar-refractivity contribution in [1.29, 1.82) is 0 Å². The molecule has 0 aliphatic heterocycles. The van der Waals surface area contributed by atoms with E-state index in [9.17, 15) is 4.79 Å². The summed E-state index contributed by atoms with van der Waals surface area (Å²) in [5.41, 5.74) is 2.94. The second-order valence-corrected chi connectivity index (χ2v) is 5.49. The van der Waals surface area contributed by atoms with Crippen molar-refractivity contribution >= 4 is 6.29 Å². The quantitative estimate of drug-likeness (QED) is 0.451. The van der Waals surface area contributed by atoms with Crippen LogP contribution < -0.4 is 0 Å². The number of carbonyl (C=O) groups excluding carboxylic acids is 1. The van der Waals surface area contributed by atoms with E-state index < -0.39 is 0 Å². The molecule has 0 aromatic rings. The minimum Gasteiger partial charge on any atom is -0.303 e. The van der Waals surface area contributed by atoms with Crippen LogP contribution in [0.3, 0.4) is 0 Å². The van der Waals surface area contributed by atoms with Crippen LogP contribution in [0.1, 0.15) is 60.3 Å². The maximum Gasteiger partial charge on any atom is 0.120 e. The normalized spacial score (nSPS) is 10.8. The van der Waals surface area contributed by atoms with E-state index in [4.69, 9.17) is 0 Å². The van der Waals surface area contributed by atoms with Gasteiger partial charge in [0.1, 0.15) is 6.29 Å². The van der Waals surface area contributed by atoms with Crippen molar-refractivity contribution in [2.75, 3.05) is 0 Å². The SMILES string of the molecule is CC(C)=CCC(C)(CC=C(C)C)CCC=O. The van der Waals surface area contributed by atoms with Gasteiger partial charge in [0.15, 0.2) is 0 Å². The van der Waals surface area contributed by atoms with Crippen molar-refractivity contribution in [2.24, 2.45) is 5.41 Å². The Morgan fingerprint density at radius 2 is 1.44 bits per heavy atom. The minimum atomic E-state index is 0.232. The van der Waals surface area contributed by atoms with Gasteiger partial charge in [0.2, 0.25) is 0 Å². The van der Waals surface area contributed by atoms with Gasteiger partial charge in [-0.25, -0.2) is 0 Å². The van der Waals surface area contributed by atoms with E-state index in [0.29, 0.717) is 6.42 Å². The summed E-state index contributed by atoms with van der Waals surface area (Å²) in [6, 6.07) is 0. The summed E-state index contributed by atoms with van der Waals surface area (Å²) in [6.45, 7) is 10.8. The van der Waals surface area contributed by atoms with E-state index in [2.05, 4.69) is 46.8 Å². The van der Waals surface area contributed by atoms with Crippen LogP contribution in [0.15, 0.2) is 23.3 Å². The van der Waals surface area contributed by atoms with Gasteiger partial charge in [-0.3, -0.25) is 0 Å². The van der Waals surface area contributed by atoms with Crippen molar-refractivity contribution in [1.82, 2.24) is 0 Å². The summed E-state index contributed by atoms with van der Waals surface area (Å²) in [7, 11) is 0. The van der Waals surface area contributed by atoms with Crippen molar-refractivity contribution < 1.29 is 4.79 Å². The van der Waals surface area contributed by atoms with Crippen LogP contribution in [-0.2, 0) is 4.79 Å². The molecule has 16 heavy (non-hydrogen) atoms. The van der Waals surface area contributed by atoms with Crippen LogP contribution in [0.4, 0.5) is 0 Å². The fourth-order valence-corrected chi connectivity index (χ4v) is 1.60. The van der Waals surface area contributed by atoms with Crippen LogP contribution in [0.5, 0.6) is 0 Å². The molecule has 0 N–H and O–H groups in total. The smallest absolute Gasteiger partial charge is 0.120 e. The Bertz CT molecular complexity index is 243. The molecule has 92 valence electrons. The molecule has 0 rings (SSSR count). The van der Waals surface area contributed by atoms with Gasteiger partial charge in [-0.05, 0) is 52.4 Å². The lowest BCUT2D eigenvalue weighted by Gasteiger charge is -2.27. The third kappa shape index (κ3) is 7.44. The molecular weight excluding hydrogens is 196 g/mol. The highest BCUT2D eigenvalue weighted by Crippen LogP contribution is 2.33. The molecule has 0 aliphatic rings. The Morgan fingerprint density at radius 3 is 1.75 bits per heavy atom. The van der Waals surface area contributed by atoms with Gasteiger partial charge in [0.25, 0.3) is 0 Å². The average Bonchev–Trinajstić information content (AvgIpc) is 2.21. The summed E-state index contributed by atoms with van der Waals surface area (Å²) in [5, 5.41) is 0. The maximum absolute atomic E-state index is 10.5. The predicted octanol–water partition coefficient (Wildman–Crippen LogP) is 4.68. The summed E-state index contributed by atoms with van der Waals surface area (Å²) in [6.07, 6.45) is 9.37. The molecule has 0 aliphatic carbocycles. The Balaban J connectivity index is 4.52. The molecule has 0 unspecified atom stereocenters. The van der Waals surface area contributed by atoms with E-state index in [1.807, 2.05) is 0 Å². The Hall–Kier alpha value is -0.850. The molecule has 0 radical (unpaired) electrons. The summed E-state index contributed by atoms with van der Waals surface area (Å²) in [4.78, 5) is 10.5. The van der Waals surface area contributed by atoms with Crippen molar-refractivity contribution in [3.63, 3.8) is 0 Å². The molecular formula is C15H26O. The lowest BCUT2D eigenvalue weighted by molar-refractivity contribution is -0.108. The molecule has 0 bridgehead atoms. The van der Waals surface area contributed by atoms with Gasteiger partial charge < -0.3 is 4.79 Å². The Labute approximate surface area is 101 Å². The average molecular weight is 222 g/mol. The molecule has 0 amide bonds. The zero-order valence-corrected chi connectivity index (χ0v) is 11.5. The van der Waals surface area contributed by atoms with E-state index >= 15 is 0 Å². The van der Waals surface area contributed by atoms with Crippen LogP contribution in [-0.4, -0.2) is 6.29 Å². The van der Waals surface area contributed by atoms with Crippen LogP contribution in [0.25, 0.3) is 0 Å². The first-order chi connectivity index (χ1) is 7.39. The molecule has 1 nitrogen and oxygen atoms in total. The van der Waals surface area contributed by atoms with Gasteiger partial charge in [0.05, 0.1) is 0 Å². The first kappa shape index (κ1) is 15.2. The fourth-order valence-electron chi connectivity index (χ4n) is 1.60. The lowest BCUT2D eigenvalue weighted by atomic mass is 9.78. The fraction of sp³-hybridized carbons (Fsp3) is 0.667. The number of aldehydes is 1. The second-order valence-electron chi connectivity index (χ2n) is 5.49. The number of hydrogen-bond acceptors (Lipinski definition) is 1. The first-order valence-electron chi connectivity index (χ1n) is 6.10. The Kier molecular flexibility index (Phi) is 7.03. The van der Waals surface area contributed by atoms with Gasteiger partial charge in [-0.15, -0.1) is 0 Å². The van der Waals surface area contributed by atoms with Crippen LogP contribution >= 0.6 is 0 Å². The molecule has 0 heterocycles. The third-order valence-corrected chi connectivity index (χ3v) is 2.87. The number of hydrogen-bond donors (Lipinski definition) is 0. The van der Waals surface area contributed by atoms with Crippen LogP contribution in [0, 0.1) is 5.41 Å². The Morgan fingerprint density at radius 1 is 1.00 bits per heavy atom. The highest BCUT2D eigenvalue weighted by Gasteiger charge is 2.21. The van der Waals surface area contributed by atoms with Crippen LogP contribution in [0.2, 0.25) is 0 Å². The zero-order chi connectivity index (χ0) is 12.6. The van der Waals surface area contributed by atoms with Gasteiger partial charge in [-0.2, -0.15) is 0 Å². The number of allylic oxidation sites excluding steroid dienone is 4. The molecule has 0 aromatic heterocycles. The molecule has 0 spiro atoms. The number of rotatable bonds is 7.